The Morgan fingerprint density at radius 1 is 1.33 bits per heavy atom. The third-order valence-electron chi connectivity index (χ3n) is 3.38. The molecule has 1 fully saturated rings. The summed E-state index contributed by atoms with van der Waals surface area (Å²) in [5.41, 5.74) is -0.471. The second-order valence-corrected chi connectivity index (χ2v) is 5.55. The molecule has 2 rings (SSSR count). The van der Waals surface area contributed by atoms with Crippen molar-refractivity contribution in [3.8, 4) is 11.8 Å². The van der Waals surface area contributed by atoms with E-state index < -0.39 is 18.0 Å². The standard InChI is InChI=1S/C13H13BrF3N3O/c14-9-2-1-8(7-18)11(21)10(9)12(13(15,16)17)20-5-3-19-4-6-20/h1-2,12,19,21H,3-6H2/t12-/m1/s1. The lowest BCUT2D eigenvalue weighted by molar-refractivity contribution is -0.188. The van der Waals surface area contributed by atoms with Crippen molar-refractivity contribution >= 4 is 15.9 Å². The van der Waals surface area contributed by atoms with Crippen molar-refractivity contribution in [2.75, 3.05) is 26.2 Å². The van der Waals surface area contributed by atoms with Gasteiger partial charge in [-0.05, 0) is 12.1 Å². The molecule has 0 aliphatic carbocycles. The lowest BCUT2D eigenvalue weighted by Crippen LogP contribution is -2.49. The Hall–Kier alpha value is -1.30. The van der Waals surface area contributed by atoms with Crippen LogP contribution in [0.25, 0.3) is 0 Å². The summed E-state index contributed by atoms with van der Waals surface area (Å²) >= 11 is 3.06. The van der Waals surface area contributed by atoms with Crippen molar-refractivity contribution in [2.45, 2.75) is 12.2 Å². The Morgan fingerprint density at radius 3 is 2.48 bits per heavy atom. The Labute approximate surface area is 128 Å². The van der Waals surface area contributed by atoms with Crippen molar-refractivity contribution in [1.29, 1.82) is 5.26 Å². The van der Waals surface area contributed by atoms with Crippen LogP contribution in [-0.4, -0.2) is 42.4 Å². The number of halogens is 4. The molecule has 0 unspecified atom stereocenters. The average Bonchev–Trinajstić information content (AvgIpc) is 2.43. The van der Waals surface area contributed by atoms with E-state index in [0.717, 1.165) is 0 Å². The van der Waals surface area contributed by atoms with E-state index in [1.165, 1.54) is 17.0 Å². The smallest absolute Gasteiger partial charge is 0.408 e. The number of alkyl halides is 3. The molecule has 21 heavy (non-hydrogen) atoms. The number of aromatic hydroxyl groups is 1. The van der Waals surface area contributed by atoms with Crippen LogP contribution in [0, 0.1) is 11.3 Å². The van der Waals surface area contributed by atoms with E-state index in [1.807, 2.05) is 0 Å². The van der Waals surface area contributed by atoms with Crippen LogP contribution in [-0.2, 0) is 0 Å². The largest absolute Gasteiger partial charge is 0.506 e. The minimum absolute atomic E-state index is 0.139. The predicted octanol–water partition coefficient (Wildman–Crippen LogP) is 2.53. The molecule has 0 bridgehead atoms. The summed E-state index contributed by atoms with van der Waals surface area (Å²) in [5, 5.41) is 21.9. The second-order valence-electron chi connectivity index (χ2n) is 4.70. The molecule has 1 heterocycles. The van der Waals surface area contributed by atoms with Gasteiger partial charge in [-0.15, -0.1) is 0 Å². The van der Waals surface area contributed by atoms with Crippen LogP contribution in [0.2, 0.25) is 0 Å². The molecule has 0 amide bonds. The highest BCUT2D eigenvalue weighted by atomic mass is 79.9. The molecule has 0 aromatic heterocycles. The van der Waals surface area contributed by atoms with Gasteiger partial charge in [-0.3, -0.25) is 4.90 Å². The van der Waals surface area contributed by atoms with Gasteiger partial charge in [0.2, 0.25) is 0 Å². The molecule has 0 radical (unpaired) electrons. The van der Waals surface area contributed by atoms with E-state index in [-0.39, 0.29) is 28.7 Å². The zero-order valence-corrected chi connectivity index (χ0v) is 12.5. The maximum atomic E-state index is 13.5. The molecule has 0 spiro atoms. The van der Waals surface area contributed by atoms with E-state index >= 15 is 0 Å². The molecule has 1 aromatic rings. The van der Waals surface area contributed by atoms with E-state index in [2.05, 4.69) is 21.2 Å². The summed E-state index contributed by atoms with van der Waals surface area (Å²) in [6, 6.07) is 2.40. The van der Waals surface area contributed by atoms with Crippen molar-refractivity contribution < 1.29 is 18.3 Å². The third kappa shape index (κ3) is 3.31. The van der Waals surface area contributed by atoms with Crippen molar-refractivity contribution in [1.82, 2.24) is 10.2 Å². The first-order valence-electron chi connectivity index (χ1n) is 6.29. The number of phenolic OH excluding ortho intramolecular Hbond substituents is 1. The highest BCUT2D eigenvalue weighted by Gasteiger charge is 2.47. The average molecular weight is 364 g/mol. The van der Waals surface area contributed by atoms with Crippen LogP contribution in [0.5, 0.6) is 5.75 Å². The fourth-order valence-corrected chi connectivity index (χ4v) is 2.96. The number of rotatable bonds is 2. The lowest BCUT2D eigenvalue weighted by Gasteiger charge is -2.36. The second kappa shape index (κ2) is 6.22. The zero-order chi connectivity index (χ0) is 15.6. The topological polar surface area (TPSA) is 59.3 Å². The van der Waals surface area contributed by atoms with Gasteiger partial charge in [0.1, 0.15) is 17.9 Å². The first-order chi connectivity index (χ1) is 9.86. The molecular weight excluding hydrogens is 351 g/mol. The number of hydrogen-bond donors (Lipinski definition) is 2. The van der Waals surface area contributed by atoms with Crippen LogP contribution < -0.4 is 5.32 Å². The quantitative estimate of drug-likeness (QED) is 0.847. The molecule has 1 aliphatic heterocycles. The van der Waals surface area contributed by atoms with E-state index in [9.17, 15) is 18.3 Å². The van der Waals surface area contributed by atoms with Gasteiger partial charge in [-0.25, -0.2) is 0 Å². The number of hydrogen-bond acceptors (Lipinski definition) is 4. The lowest BCUT2D eigenvalue weighted by atomic mass is 10.00. The van der Waals surface area contributed by atoms with Crippen molar-refractivity contribution in [3.05, 3.63) is 27.7 Å². The number of nitrogens with one attached hydrogen (secondary N) is 1. The predicted molar refractivity (Wildman–Crippen MR) is 73.8 cm³/mol. The summed E-state index contributed by atoms with van der Waals surface area (Å²) in [6.45, 7) is 1.32. The Balaban J connectivity index is 2.54. The van der Waals surface area contributed by atoms with Gasteiger partial charge in [0, 0.05) is 36.2 Å². The highest BCUT2D eigenvalue weighted by Crippen LogP contribution is 2.45. The number of piperazine rings is 1. The number of nitrogens with zero attached hydrogens (tertiary/aromatic N) is 2. The minimum Gasteiger partial charge on any atom is -0.506 e. The highest BCUT2D eigenvalue weighted by molar-refractivity contribution is 9.10. The normalized spacial score (nSPS) is 18.2. The maximum absolute atomic E-state index is 13.5. The summed E-state index contributed by atoms with van der Waals surface area (Å²) in [7, 11) is 0. The molecule has 1 atom stereocenters. The first-order valence-corrected chi connectivity index (χ1v) is 7.08. The van der Waals surface area contributed by atoms with Crippen LogP contribution >= 0.6 is 15.9 Å². The van der Waals surface area contributed by atoms with Gasteiger partial charge in [0.15, 0.2) is 0 Å². The molecular formula is C13H13BrF3N3O. The fourth-order valence-electron chi connectivity index (χ4n) is 2.43. The molecule has 1 saturated heterocycles. The first kappa shape index (κ1) is 16.1. The summed E-state index contributed by atoms with van der Waals surface area (Å²) in [5.74, 6) is -0.618. The van der Waals surface area contributed by atoms with Gasteiger partial charge >= 0.3 is 6.18 Å². The maximum Gasteiger partial charge on any atom is 0.408 e. The van der Waals surface area contributed by atoms with Crippen LogP contribution in [0.15, 0.2) is 16.6 Å². The van der Waals surface area contributed by atoms with Crippen LogP contribution in [0.3, 0.4) is 0 Å². The van der Waals surface area contributed by atoms with Gasteiger partial charge < -0.3 is 10.4 Å². The molecule has 2 N–H and O–H groups in total. The number of benzene rings is 1. The molecule has 1 aromatic carbocycles. The van der Waals surface area contributed by atoms with Gasteiger partial charge in [-0.1, -0.05) is 15.9 Å². The molecule has 114 valence electrons. The Morgan fingerprint density at radius 2 is 1.95 bits per heavy atom. The molecule has 4 nitrogen and oxygen atoms in total. The third-order valence-corrected chi connectivity index (χ3v) is 4.08. The van der Waals surface area contributed by atoms with Crippen molar-refractivity contribution in [3.63, 3.8) is 0 Å². The number of phenols is 1. The summed E-state index contributed by atoms with van der Waals surface area (Å²) < 4.78 is 40.7. The Bertz CT molecular complexity index is 565. The van der Waals surface area contributed by atoms with E-state index in [1.54, 1.807) is 6.07 Å². The van der Waals surface area contributed by atoms with Gasteiger partial charge in [0.25, 0.3) is 0 Å². The monoisotopic (exact) mass is 363 g/mol. The Kier molecular flexibility index (Phi) is 4.76. The van der Waals surface area contributed by atoms with Gasteiger partial charge in [-0.2, -0.15) is 18.4 Å². The molecule has 1 aliphatic rings. The fraction of sp³-hybridized carbons (Fsp3) is 0.462. The zero-order valence-electron chi connectivity index (χ0n) is 10.9. The van der Waals surface area contributed by atoms with Crippen molar-refractivity contribution in [2.24, 2.45) is 0 Å². The molecule has 8 heteroatoms. The van der Waals surface area contributed by atoms with Gasteiger partial charge in [0.05, 0.1) is 5.56 Å². The number of nitriles is 1. The SMILES string of the molecule is N#Cc1ccc(Br)c([C@@H](N2CCNCC2)C(F)(F)F)c1O. The summed E-state index contributed by atoms with van der Waals surface area (Å²) in [4.78, 5) is 1.26. The summed E-state index contributed by atoms with van der Waals surface area (Å²) in [6.07, 6.45) is -4.55. The molecule has 0 saturated carbocycles. The minimum atomic E-state index is -4.55. The van der Waals surface area contributed by atoms with E-state index in [4.69, 9.17) is 5.26 Å². The van der Waals surface area contributed by atoms with E-state index in [0.29, 0.717) is 13.1 Å². The van der Waals surface area contributed by atoms with Crippen LogP contribution in [0.1, 0.15) is 17.2 Å². The van der Waals surface area contributed by atoms with Crippen LogP contribution in [0.4, 0.5) is 13.2 Å².